The molecule has 0 aliphatic heterocycles. The number of halogens is 1. The van der Waals surface area contributed by atoms with Crippen LogP contribution in [0.25, 0.3) is 27.7 Å². The molecular weight excluding hydrogens is 380 g/mol. The van der Waals surface area contributed by atoms with Gasteiger partial charge in [-0.1, -0.05) is 23.7 Å². The van der Waals surface area contributed by atoms with Crippen molar-refractivity contribution in [3.63, 3.8) is 0 Å². The van der Waals surface area contributed by atoms with E-state index < -0.39 is 5.97 Å². The molecule has 28 heavy (non-hydrogen) atoms. The van der Waals surface area contributed by atoms with Crippen LogP contribution in [0.15, 0.2) is 47.5 Å². The van der Waals surface area contributed by atoms with E-state index in [0.29, 0.717) is 34.5 Å². The molecule has 4 aromatic rings. The summed E-state index contributed by atoms with van der Waals surface area (Å²) >= 11 is 5.99. The molecule has 0 fully saturated rings. The van der Waals surface area contributed by atoms with Gasteiger partial charge in [-0.15, -0.1) is 0 Å². The van der Waals surface area contributed by atoms with E-state index in [1.54, 1.807) is 16.9 Å². The van der Waals surface area contributed by atoms with Crippen molar-refractivity contribution < 1.29 is 9.90 Å². The number of pyridine rings is 1. The summed E-state index contributed by atoms with van der Waals surface area (Å²) < 4.78 is 3.19. The van der Waals surface area contributed by atoms with Crippen LogP contribution < -0.4 is 5.56 Å². The number of fused-ring (bicyclic) bond motifs is 3. The summed E-state index contributed by atoms with van der Waals surface area (Å²) in [6.07, 6.45) is 3.63. The van der Waals surface area contributed by atoms with Gasteiger partial charge in [0.05, 0.1) is 16.6 Å². The summed E-state index contributed by atoms with van der Waals surface area (Å²) in [6.45, 7) is 2.24. The third-order valence-electron chi connectivity index (χ3n) is 4.68. The Bertz CT molecular complexity index is 1260. The van der Waals surface area contributed by atoms with E-state index in [-0.39, 0.29) is 12.0 Å². The maximum atomic E-state index is 12.8. The normalized spacial score (nSPS) is 11.4. The summed E-state index contributed by atoms with van der Waals surface area (Å²) in [5.41, 5.74) is 3.75. The van der Waals surface area contributed by atoms with Crippen molar-refractivity contribution in [3.05, 3.63) is 63.8 Å². The molecule has 4 rings (SSSR count). The molecule has 1 aromatic carbocycles. The fourth-order valence-electron chi connectivity index (χ4n) is 3.35. The van der Waals surface area contributed by atoms with Crippen molar-refractivity contribution in [2.24, 2.45) is 0 Å². The minimum Gasteiger partial charge on any atom is -0.481 e. The van der Waals surface area contributed by atoms with Crippen LogP contribution in [0, 0.1) is 6.92 Å². The van der Waals surface area contributed by atoms with E-state index >= 15 is 0 Å². The molecular formula is C20H17ClN4O3. The number of carboxylic acid groups (broad SMARTS) is 1. The number of aromatic nitrogens is 4. The number of carbonyl (C=O) groups is 1. The van der Waals surface area contributed by atoms with Crippen molar-refractivity contribution in [2.75, 3.05) is 0 Å². The van der Waals surface area contributed by atoms with E-state index in [1.807, 2.05) is 37.3 Å². The summed E-state index contributed by atoms with van der Waals surface area (Å²) in [4.78, 5) is 28.0. The van der Waals surface area contributed by atoms with Crippen LogP contribution in [0.4, 0.5) is 0 Å². The van der Waals surface area contributed by atoms with Crippen LogP contribution in [0.2, 0.25) is 5.02 Å². The second-order valence-corrected chi connectivity index (χ2v) is 7.01. The zero-order chi connectivity index (χ0) is 19.8. The SMILES string of the molecule is Cc1nn2c(ncc3c(=O)n(CCCC(=O)O)ccc32)c1-c1ccc(Cl)cc1. The molecule has 7 nitrogen and oxygen atoms in total. The van der Waals surface area contributed by atoms with Gasteiger partial charge in [-0.25, -0.2) is 9.50 Å². The Kier molecular flexibility index (Phi) is 4.60. The number of hydrogen-bond donors (Lipinski definition) is 1. The Hall–Kier alpha value is -3.19. The first-order valence-corrected chi connectivity index (χ1v) is 9.19. The van der Waals surface area contributed by atoms with Crippen molar-refractivity contribution in [1.82, 2.24) is 19.2 Å². The topological polar surface area (TPSA) is 89.5 Å². The van der Waals surface area contributed by atoms with Crippen molar-refractivity contribution in [2.45, 2.75) is 26.3 Å². The molecule has 8 heteroatoms. The molecule has 0 aliphatic rings. The predicted octanol–water partition coefficient (Wildman–Crippen LogP) is 3.54. The molecule has 0 bridgehead atoms. The third kappa shape index (κ3) is 3.14. The highest BCUT2D eigenvalue weighted by atomic mass is 35.5. The third-order valence-corrected chi connectivity index (χ3v) is 4.93. The van der Waals surface area contributed by atoms with E-state index in [0.717, 1.165) is 16.8 Å². The fourth-order valence-corrected chi connectivity index (χ4v) is 3.47. The van der Waals surface area contributed by atoms with E-state index in [9.17, 15) is 9.59 Å². The van der Waals surface area contributed by atoms with Crippen LogP contribution in [-0.4, -0.2) is 30.2 Å². The zero-order valence-electron chi connectivity index (χ0n) is 15.1. The first kappa shape index (κ1) is 18.2. The Morgan fingerprint density at radius 1 is 1.21 bits per heavy atom. The highest BCUT2D eigenvalue weighted by Crippen LogP contribution is 2.29. The largest absolute Gasteiger partial charge is 0.481 e. The van der Waals surface area contributed by atoms with Gasteiger partial charge in [-0.3, -0.25) is 9.59 Å². The van der Waals surface area contributed by atoms with Crippen LogP contribution in [0.5, 0.6) is 0 Å². The number of aryl methyl sites for hydroxylation is 2. The average Bonchev–Trinajstić information content (AvgIpc) is 3.00. The molecule has 0 atom stereocenters. The maximum Gasteiger partial charge on any atom is 0.303 e. The predicted molar refractivity (Wildman–Crippen MR) is 107 cm³/mol. The zero-order valence-corrected chi connectivity index (χ0v) is 15.8. The Balaban J connectivity index is 1.83. The number of nitrogens with zero attached hydrogens (tertiary/aromatic N) is 4. The van der Waals surface area contributed by atoms with Gasteiger partial charge in [0.25, 0.3) is 5.56 Å². The second-order valence-electron chi connectivity index (χ2n) is 6.57. The smallest absolute Gasteiger partial charge is 0.303 e. The molecule has 3 heterocycles. The Morgan fingerprint density at radius 3 is 2.68 bits per heavy atom. The Morgan fingerprint density at radius 2 is 1.96 bits per heavy atom. The summed E-state index contributed by atoms with van der Waals surface area (Å²) in [5, 5.41) is 14.5. The van der Waals surface area contributed by atoms with Crippen molar-refractivity contribution in [1.29, 1.82) is 0 Å². The minimum atomic E-state index is -0.876. The molecule has 0 saturated heterocycles. The number of aliphatic carboxylic acids is 1. The molecule has 0 aliphatic carbocycles. The van der Waals surface area contributed by atoms with Crippen LogP contribution >= 0.6 is 11.6 Å². The van der Waals surface area contributed by atoms with Gasteiger partial charge in [-0.2, -0.15) is 5.10 Å². The van der Waals surface area contributed by atoms with E-state index in [4.69, 9.17) is 16.7 Å². The van der Waals surface area contributed by atoms with Gasteiger partial charge < -0.3 is 9.67 Å². The van der Waals surface area contributed by atoms with Gasteiger partial charge in [0.15, 0.2) is 5.65 Å². The van der Waals surface area contributed by atoms with Gasteiger partial charge in [0, 0.05) is 35.9 Å². The molecule has 0 unspecified atom stereocenters. The first-order chi connectivity index (χ1) is 13.5. The number of hydrogen-bond acceptors (Lipinski definition) is 4. The number of benzene rings is 1. The monoisotopic (exact) mass is 396 g/mol. The lowest BCUT2D eigenvalue weighted by atomic mass is 10.1. The molecule has 0 spiro atoms. The quantitative estimate of drug-likeness (QED) is 0.557. The second kappa shape index (κ2) is 7.09. The van der Waals surface area contributed by atoms with Crippen molar-refractivity contribution in [3.8, 4) is 11.1 Å². The lowest BCUT2D eigenvalue weighted by Gasteiger charge is -2.07. The van der Waals surface area contributed by atoms with Gasteiger partial charge in [0.2, 0.25) is 0 Å². The molecule has 1 N–H and O–H groups in total. The highest BCUT2D eigenvalue weighted by molar-refractivity contribution is 6.30. The lowest BCUT2D eigenvalue weighted by Crippen LogP contribution is -2.21. The first-order valence-electron chi connectivity index (χ1n) is 8.81. The maximum absolute atomic E-state index is 12.8. The van der Waals surface area contributed by atoms with Crippen LogP contribution in [0.3, 0.4) is 0 Å². The minimum absolute atomic E-state index is 0.0184. The Labute approximate surface area is 164 Å². The van der Waals surface area contributed by atoms with Gasteiger partial charge >= 0.3 is 5.97 Å². The molecule has 0 amide bonds. The van der Waals surface area contributed by atoms with Crippen molar-refractivity contribution >= 4 is 34.1 Å². The van der Waals surface area contributed by atoms with Gasteiger partial charge in [-0.05, 0) is 37.1 Å². The molecule has 0 radical (unpaired) electrons. The summed E-state index contributed by atoms with van der Waals surface area (Å²) in [5.74, 6) is -0.876. The molecule has 3 aromatic heterocycles. The standard InChI is InChI=1S/C20H17ClN4O3/c1-12-18(13-4-6-14(21)7-5-13)19-22-11-15-16(25(19)23-12)8-10-24(20(15)28)9-2-3-17(26)27/h4-8,10-11H,2-3,9H2,1H3,(H,26,27). The van der Waals surface area contributed by atoms with Crippen LogP contribution in [-0.2, 0) is 11.3 Å². The van der Waals surface area contributed by atoms with E-state index in [2.05, 4.69) is 10.1 Å². The van der Waals surface area contributed by atoms with Gasteiger partial charge in [0.1, 0.15) is 0 Å². The average molecular weight is 397 g/mol. The van der Waals surface area contributed by atoms with E-state index in [1.165, 1.54) is 4.57 Å². The molecule has 142 valence electrons. The summed E-state index contributed by atoms with van der Waals surface area (Å²) in [6, 6.07) is 9.27. The summed E-state index contributed by atoms with van der Waals surface area (Å²) in [7, 11) is 0. The highest BCUT2D eigenvalue weighted by Gasteiger charge is 2.16. The van der Waals surface area contributed by atoms with Crippen LogP contribution in [0.1, 0.15) is 18.5 Å². The lowest BCUT2D eigenvalue weighted by molar-refractivity contribution is -0.137. The number of carboxylic acids is 1. The fraction of sp³-hybridized carbons (Fsp3) is 0.200. The molecule has 0 saturated carbocycles. The number of rotatable bonds is 5.